The third kappa shape index (κ3) is 5.19. The van der Waals surface area contributed by atoms with Crippen molar-refractivity contribution in [3.05, 3.63) is 54.3 Å². The predicted molar refractivity (Wildman–Crippen MR) is 97.1 cm³/mol. The van der Waals surface area contributed by atoms with E-state index in [4.69, 9.17) is 4.74 Å². The molecule has 140 valence electrons. The number of likely N-dealkylation sites (N-methyl/N-ethyl adjacent to an activating group) is 1. The number of nitrogens with one attached hydrogen (secondary N) is 1. The zero-order chi connectivity index (χ0) is 19.2. The van der Waals surface area contributed by atoms with E-state index in [1.54, 1.807) is 4.90 Å². The van der Waals surface area contributed by atoms with Crippen LogP contribution in [0.15, 0.2) is 53.4 Å². The van der Waals surface area contributed by atoms with Gasteiger partial charge in [0.15, 0.2) is 6.61 Å². The molecule has 8 heteroatoms. The minimum Gasteiger partial charge on any atom is -0.484 e. The second-order valence-corrected chi connectivity index (χ2v) is 7.12. The zero-order valence-corrected chi connectivity index (χ0v) is 15.4. The molecule has 0 heterocycles. The lowest BCUT2D eigenvalue weighted by Crippen LogP contribution is -2.34. The van der Waals surface area contributed by atoms with Gasteiger partial charge in [0.1, 0.15) is 11.6 Å². The molecule has 1 amide bonds. The lowest BCUT2D eigenvalue weighted by molar-refractivity contribution is -0.132. The summed E-state index contributed by atoms with van der Waals surface area (Å²) in [6.07, 6.45) is 0. The third-order valence-electron chi connectivity index (χ3n) is 3.71. The van der Waals surface area contributed by atoms with Crippen LogP contribution in [0.5, 0.6) is 5.75 Å². The SMILES string of the molecule is CCN(CC)C(=O)COc1ccc(S(=O)(=O)Nc2ccc(F)cc2)cc1. The fourth-order valence-electron chi connectivity index (χ4n) is 2.26. The van der Waals surface area contributed by atoms with Gasteiger partial charge in [-0.1, -0.05) is 0 Å². The van der Waals surface area contributed by atoms with Gasteiger partial charge < -0.3 is 9.64 Å². The fourth-order valence-corrected chi connectivity index (χ4v) is 3.32. The number of hydrogen-bond donors (Lipinski definition) is 1. The largest absolute Gasteiger partial charge is 0.484 e. The van der Waals surface area contributed by atoms with Crippen molar-refractivity contribution in [2.75, 3.05) is 24.4 Å². The van der Waals surface area contributed by atoms with Gasteiger partial charge in [-0.2, -0.15) is 0 Å². The van der Waals surface area contributed by atoms with Crippen molar-refractivity contribution < 1.29 is 22.3 Å². The van der Waals surface area contributed by atoms with E-state index < -0.39 is 15.8 Å². The summed E-state index contributed by atoms with van der Waals surface area (Å²) in [7, 11) is -3.80. The van der Waals surface area contributed by atoms with Gasteiger partial charge >= 0.3 is 0 Å². The van der Waals surface area contributed by atoms with Gasteiger partial charge in [0.2, 0.25) is 0 Å². The topological polar surface area (TPSA) is 75.7 Å². The Kier molecular flexibility index (Phi) is 6.57. The van der Waals surface area contributed by atoms with Crippen LogP contribution in [0, 0.1) is 5.82 Å². The van der Waals surface area contributed by atoms with E-state index in [9.17, 15) is 17.6 Å². The standard InChI is InChI=1S/C18H21FN2O4S/c1-3-21(4-2)18(22)13-25-16-9-11-17(12-10-16)26(23,24)20-15-7-5-14(19)6-8-15/h5-12,20H,3-4,13H2,1-2H3. The summed E-state index contributed by atoms with van der Waals surface area (Å²) in [6, 6.07) is 10.7. The van der Waals surface area contributed by atoms with Crippen LogP contribution in [0.3, 0.4) is 0 Å². The number of ether oxygens (including phenoxy) is 1. The Bertz CT molecular complexity index is 832. The van der Waals surface area contributed by atoms with E-state index in [2.05, 4.69) is 4.72 Å². The number of hydrogen-bond acceptors (Lipinski definition) is 4. The summed E-state index contributed by atoms with van der Waals surface area (Å²) in [5.74, 6) is -0.190. The normalized spacial score (nSPS) is 11.0. The highest BCUT2D eigenvalue weighted by atomic mass is 32.2. The molecule has 0 saturated heterocycles. The maximum Gasteiger partial charge on any atom is 0.261 e. The van der Waals surface area contributed by atoms with Crippen LogP contribution in [0.4, 0.5) is 10.1 Å². The minimum atomic E-state index is -3.80. The molecule has 0 bridgehead atoms. The van der Waals surface area contributed by atoms with E-state index in [1.165, 1.54) is 48.5 Å². The molecule has 1 N–H and O–H groups in total. The Morgan fingerprint density at radius 2 is 1.62 bits per heavy atom. The van der Waals surface area contributed by atoms with Crippen LogP contribution in [-0.2, 0) is 14.8 Å². The van der Waals surface area contributed by atoms with Gasteiger partial charge in [-0.25, -0.2) is 12.8 Å². The molecule has 0 radical (unpaired) electrons. The molecule has 26 heavy (non-hydrogen) atoms. The van der Waals surface area contributed by atoms with Gasteiger partial charge in [-0.05, 0) is 62.4 Å². The minimum absolute atomic E-state index is 0.0317. The Morgan fingerprint density at radius 3 is 2.15 bits per heavy atom. The molecule has 6 nitrogen and oxygen atoms in total. The van der Waals surface area contributed by atoms with Crippen molar-refractivity contribution >= 4 is 21.6 Å². The summed E-state index contributed by atoms with van der Waals surface area (Å²) >= 11 is 0. The van der Waals surface area contributed by atoms with Crippen LogP contribution in [0.25, 0.3) is 0 Å². The van der Waals surface area contributed by atoms with E-state index in [1.807, 2.05) is 13.8 Å². The number of carbonyl (C=O) groups excluding carboxylic acids is 1. The van der Waals surface area contributed by atoms with Gasteiger partial charge in [0, 0.05) is 18.8 Å². The summed E-state index contributed by atoms with van der Waals surface area (Å²) in [4.78, 5) is 13.6. The number of anilines is 1. The Morgan fingerprint density at radius 1 is 1.04 bits per heavy atom. The lowest BCUT2D eigenvalue weighted by atomic mass is 10.3. The molecule has 2 aromatic carbocycles. The molecule has 0 aliphatic heterocycles. The molecule has 0 atom stereocenters. The molecule has 0 fully saturated rings. The third-order valence-corrected chi connectivity index (χ3v) is 5.11. The van der Waals surface area contributed by atoms with Crippen molar-refractivity contribution in [3.8, 4) is 5.75 Å². The predicted octanol–water partition coefficient (Wildman–Crippen LogP) is 2.87. The molecule has 0 aliphatic rings. The Balaban J connectivity index is 2.01. The number of benzene rings is 2. The van der Waals surface area contributed by atoms with E-state index in [0.717, 1.165) is 0 Å². The quantitative estimate of drug-likeness (QED) is 0.764. The molecule has 0 unspecified atom stereocenters. The number of carbonyl (C=O) groups is 1. The highest BCUT2D eigenvalue weighted by Gasteiger charge is 2.15. The number of nitrogens with zero attached hydrogens (tertiary/aromatic N) is 1. The monoisotopic (exact) mass is 380 g/mol. The van der Waals surface area contributed by atoms with E-state index >= 15 is 0 Å². The fraction of sp³-hybridized carbons (Fsp3) is 0.278. The summed E-state index contributed by atoms with van der Waals surface area (Å²) in [5.41, 5.74) is 0.261. The first-order chi connectivity index (χ1) is 12.4. The molecular weight excluding hydrogens is 359 g/mol. The molecule has 0 saturated carbocycles. The van der Waals surface area contributed by atoms with E-state index in [0.29, 0.717) is 18.8 Å². The summed E-state index contributed by atoms with van der Waals surface area (Å²) < 4.78 is 45.3. The highest BCUT2D eigenvalue weighted by molar-refractivity contribution is 7.92. The number of sulfonamides is 1. The molecule has 0 aromatic heterocycles. The number of rotatable bonds is 8. The van der Waals surface area contributed by atoms with Crippen LogP contribution >= 0.6 is 0 Å². The lowest BCUT2D eigenvalue weighted by Gasteiger charge is -2.18. The first-order valence-electron chi connectivity index (χ1n) is 8.14. The first kappa shape index (κ1) is 19.7. The van der Waals surface area contributed by atoms with Crippen LogP contribution in [0.1, 0.15) is 13.8 Å². The van der Waals surface area contributed by atoms with Crippen LogP contribution < -0.4 is 9.46 Å². The smallest absolute Gasteiger partial charge is 0.261 e. The van der Waals surface area contributed by atoms with Crippen LogP contribution in [0.2, 0.25) is 0 Å². The van der Waals surface area contributed by atoms with Crippen molar-refractivity contribution in [2.24, 2.45) is 0 Å². The maximum atomic E-state index is 12.9. The molecule has 2 aromatic rings. The first-order valence-corrected chi connectivity index (χ1v) is 9.63. The van der Waals surface area contributed by atoms with E-state index in [-0.39, 0.29) is 23.1 Å². The Labute approximate surface area is 152 Å². The molecular formula is C18H21FN2O4S. The van der Waals surface area contributed by atoms with Crippen molar-refractivity contribution in [1.29, 1.82) is 0 Å². The van der Waals surface area contributed by atoms with Gasteiger partial charge in [0.05, 0.1) is 4.90 Å². The Hall–Kier alpha value is -2.61. The zero-order valence-electron chi connectivity index (χ0n) is 14.6. The van der Waals surface area contributed by atoms with Crippen molar-refractivity contribution in [1.82, 2.24) is 4.90 Å². The van der Waals surface area contributed by atoms with Gasteiger partial charge in [-0.15, -0.1) is 0 Å². The van der Waals surface area contributed by atoms with Gasteiger partial charge in [0.25, 0.3) is 15.9 Å². The van der Waals surface area contributed by atoms with Gasteiger partial charge in [-0.3, -0.25) is 9.52 Å². The van der Waals surface area contributed by atoms with Crippen LogP contribution in [-0.4, -0.2) is 38.9 Å². The summed E-state index contributed by atoms with van der Waals surface area (Å²) in [5, 5.41) is 0. The number of amides is 1. The molecule has 0 aliphatic carbocycles. The molecule has 2 rings (SSSR count). The average molecular weight is 380 g/mol. The highest BCUT2D eigenvalue weighted by Crippen LogP contribution is 2.19. The summed E-state index contributed by atoms with van der Waals surface area (Å²) in [6.45, 7) is 4.86. The maximum absolute atomic E-state index is 12.9. The van der Waals surface area contributed by atoms with Crippen molar-refractivity contribution in [3.63, 3.8) is 0 Å². The second-order valence-electron chi connectivity index (χ2n) is 5.44. The second kappa shape index (κ2) is 8.66. The molecule has 0 spiro atoms. The average Bonchev–Trinajstić information content (AvgIpc) is 2.63. The number of halogens is 1. The van der Waals surface area contributed by atoms with Crippen molar-refractivity contribution in [2.45, 2.75) is 18.7 Å².